The second-order valence-corrected chi connectivity index (χ2v) is 2.20. The summed E-state index contributed by atoms with van der Waals surface area (Å²) in [4.78, 5) is 0. The first kappa shape index (κ1) is 6.24. The van der Waals surface area contributed by atoms with Crippen LogP contribution in [0.2, 0.25) is 0 Å². The molecule has 0 aliphatic carbocycles. The third kappa shape index (κ3) is 1.51. The highest BCUT2D eigenvalue weighted by Gasteiger charge is 2.13. The molecular weight excluding hydrogens is 114 g/mol. The lowest BCUT2D eigenvalue weighted by Crippen LogP contribution is -2.37. The van der Waals surface area contributed by atoms with Gasteiger partial charge in [-0.25, -0.2) is 0 Å². The van der Waals surface area contributed by atoms with Gasteiger partial charge in [-0.3, -0.25) is 5.32 Å². The first-order chi connectivity index (χ1) is 4.33. The minimum absolute atomic E-state index is 0.0147. The zero-order chi connectivity index (χ0) is 6.69. The van der Waals surface area contributed by atoms with Crippen molar-refractivity contribution in [3.63, 3.8) is 0 Å². The summed E-state index contributed by atoms with van der Waals surface area (Å²) in [6.45, 7) is 0.595. The lowest BCUT2D eigenvalue weighted by Gasteiger charge is -2.17. The molecule has 0 saturated carbocycles. The number of nitrogens with zero attached hydrogens (tertiary/aromatic N) is 1. The first-order valence-corrected chi connectivity index (χ1v) is 3.02. The average molecular weight is 123 g/mol. The Morgan fingerprint density at radius 2 is 2.56 bits per heavy atom. The minimum atomic E-state index is -0.0147. The van der Waals surface area contributed by atoms with Crippen LogP contribution < -0.4 is 5.32 Å². The van der Waals surface area contributed by atoms with Crippen molar-refractivity contribution in [2.75, 3.05) is 6.54 Å². The van der Waals surface area contributed by atoms with Crippen molar-refractivity contribution in [2.24, 2.45) is 0 Å². The van der Waals surface area contributed by atoms with Gasteiger partial charge in [-0.05, 0) is 12.8 Å². The van der Waals surface area contributed by atoms with Gasteiger partial charge < -0.3 is 5.41 Å². The van der Waals surface area contributed by atoms with E-state index in [9.17, 15) is 0 Å². The first-order valence-electron chi connectivity index (χ1n) is 3.02. The second-order valence-electron chi connectivity index (χ2n) is 2.20. The number of piperidine rings is 1. The molecule has 1 aliphatic rings. The standard InChI is InChI=1S/C6H9N3/c7-3-6-2-1-5(8)4-9-6/h6,8-9H,1-2,4H2. The van der Waals surface area contributed by atoms with Crippen molar-refractivity contribution in [3.05, 3.63) is 0 Å². The van der Waals surface area contributed by atoms with Crippen LogP contribution in [0.5, 0.6) is 0 Å². The molecule has 1 rings (SSSR count). The molecule has 1 fully saturated rings. The van der Waals surface area contributed by atoms with E-state index in [1.54, 1.807) is 0 Å². The van der Waals surface area contributed by atoms with Gasteiger partial charge in [-0.15, -0.1) is 0 Å². The van der Waals surface area contributed by atoms with Crippen LogP contribution in [0.25, 0.3) is 0 Å². The van der Waals surface area contributed by atoms with Gasteiger partial charge in [0.05, 0.1) is 12.1 Å². The molecule has 0 aromatic rings. The number of nitrogens with one attached hydrogen (secondary N) is 2. The Hall–Kier alpha value is -0.880. The Bertz CT molecular complexity index is 146. The quantitative estimate of drug-likeness (QED) is 0.486. The molecule has 9 heavy (non-hydrogen) atoms. The number of hydrogen-bond donors (Lipinski definition) is 2. The molecule has 1 unspecified atom stereocenters. The predicted molar refractivity (Wildman–Crippen MR) is 34.4 cm³/mol. The minimum Gasteiger partial charge on any atom is -0.308 e. The van der Waals surface area contributed by atoms with Crippen molar-refractivity contribution in [2.45, 2.75) is 18.9 Å². The van der Waals surface area contributed by atoms with E-state index >= 15 is 0 Å². The Morgan fingerprint density at radius 3 is 3.00 bits per heavy atom. The maximum Gasteiger partial charge on any atom is 0.0959 e. The average Bonchev–Trinajstić information content (AvgIpc) is 1.90. The molecule has 0 amide bonds. The Balaban J connectivity index is 2.37. The molecule has 1 saturated heterocycles. The normalized spacial score (nSPS) is 27.4. The fourth-order valence-electron chi connectivity index (χ4n) is 0.866. The highest BCUT2D eigenvalue weighted by atomic mass is 14.9. The maximum atomic E-state index is 8.39. The van der Waals surface area contributed by atoms with Crippen LogP contribution >= 0.6 is 0 Å². The van der Waals surface area contributed by atoms with Gasteiger partial charge >= 0.3 is 0 Å². The van der Waals surface area contributed by atoms with Crippen molar-refractivity contribution >= 4 is 5.71 Å². The zero-order valence-electron chi connectivity index (χ0n) is 5.15. The number of hydrogen-bond acceptors (Lipinski definition) is 3. The molecule has 0 radical (unpaired) electrons. The summed E-state index contributed by atoms with van der Waals surface area (Å²) in [5, 5.41) is 18.5. The van der Waals surface area contributed by atoms with E-state index in [0.717, 1.165) is 12.8 Å². The molecule has 0 aromatic carbocycles. The van der Waals surface area contributed by atoms with E-state index in [0.29, 0.717) is 12.3 Å². The van der Waals surface area contributed by atoms with E-state index < -0.39 is 0 Å². The summed E-state index contributed by atoms with van der Waals surface area (Å²) in [7, 11) is 0. The third-order valence-corrected chi connectivity index (χ3v) is 1.45. The van der Waals surface area contributed by atoms with Crippen molar-refractivity contribution in [1.82, 2.24) is 5.32 Å². The molecule has 1 heterocycles. The van der Waals surface area contributed by atoms with Crippen LogP contribution in [0.3, 0.4) is 0 Å². The predicted octanol–water partition coefficient (Wildman–Crippen LogP) is 0.282. The third-order valence-electron chi connectivity index (χ3n) is 1.45. The van der Waals surface area contributed by atoms with Gasteiger partial charge in [0.25, 0.3) is 0 Å². The summed E-state index contributed by atoms with van der Waals surface area (Å²) in [6, 6.07) is 2.10. The zero-order valence-corrected chi connectivity index (χ0v) is 5.15. The van der Waals surface area contributed by atoms with Crippen molar-refractivity contribution in [1.29, 1.82) is 10.7 Å². The molecule has 2 N–H and O–H groups in total. The summed E-state index contributed by atoms with van der Waals surface area (Å²) in [5.41, 5.74) is 0.710. The van der Waals surface area contributed by atoms with Crippen molar-refractivity contribution in [3.8, 4) is 6.07 Å². The van der Waals surface area contributed by atoms with Gasteiger partial charge in [0.15, 0.2) is 0 Å². The van der Waals surface area contributed by atoms with Crippen LogP contribution in [0.1, 0.15) is 12.8 Å². The van der Waals surface area contributed by atoms with Crippen molar-refractivity contribution < 1.29 is 0 Å². The molecule has 0 aromatic heterocycles. The molecule has 3 heteroatoms. The number of nitriles is 1. The van der Waals surface area contributed by atoms with Gasteiger partial charge in [0.1, 0.15) is 0 Å². The van der Waals surface area contributed by atoms with Crippen LogP contribution in [0.15, 0.2) is 0 Å². The summed E-state index contributed by atoms with van der Waals surface area (Å²) in [5.74, 6) is 0. The lowest BCUT2D eigenvalue weighted by atomic mass is 10.1. The molecular formula is C6H9N3. The summed E-state index contributed by atoms with van der Waals surface area (Å²) >= 11 is 0. The van der Waals surface area contributed by atoms with Gasteiger partial charge in [0.2, 0.25) is 0 Å². The maximum absolute atomic E-state index is 8.39. The monoisotopic (exact) mass is 123 g/mol. The van der Waals surface area contributed by atoms with Gasteiger partial charge in [-0.2, -0.15) is 5.26 Å². The van der Waals surface area contributed by atoms with Crippen LogP contribution in [-0.4, -0.2) is 18.3 Å². The Morgan fingerprint density at radius 1 is 1.78 bits per heavy atom. The highest BCUT2D eigenvalue weighted by molar-refractivity contribution is 5.84. The molecule has 3 nitrogen and oxygen atoms in total. The van der Waals surface area contributed by atoms with Crippen LogP contribution in [0, 0.1) is 16.7 Å². The molecule has 0 spiro atoms. The van der Waals surface area contributed by atoms with E-state index in [1.807, 2.05) is 0 Å². The van der Waals surface area contributed by atoms with E-state index in [-0.39, 0.29) is 6.04 Å². The topological polar surface area (TPSA) is 59.7 Å². The van der Waals surface area contributed by atoms with Gasteiger partial charge in [-0.1, -0.05) is 0 Å². The Kier molecular flexibility index (Phi) is 1.81. The second kappa shape index (κ2) is 2.60. The molecule has 1 aliphatic heterocycles. The van der Waals surface area contributed by atoms with Gasteiger partial charge in [0, 0.05) is 12.3 Å². The van der Waals surface area contributed by atoms with E-state index in [1.165, 1.54) is 0 Å². The fourth-order valence-corrected chi connectivity index (χ4v) is 0.866. The SMILES string of the molecule is N#CC1CCC(=N)CN1. The largest absolute Gasteiger partial charge is 0.308 e. The highest BCUT2D eigenvalue weighted by Crippen LogP contribution is 2.02. The Labute approximate surface area is 54.2 Å². The molecule has 0 bridgehead atoms. The summed E-state index contributed by atoms with van der Waals surface area (Å²) in [6.07, 6.45) is 1.58. The smallest absolute Gasteiger partial charge is 0.0959 e. The lowest BCUT2D eigenvalue weighted by molar-refractivity contribution is 0.580. The van der Waals surface area contributed by atoms with Crippen LogP contribution in [-0.2, 0) is 0 Å². The number of rotatable bonds is 0. The molecule has 1 atom stereocenters. The van der Waals surface area contributed by atoms with Crippen LogP contribution in [0.4, 0.5) is 0 Å². The van der Waals surface area contributed by atoms with E-state index in [4.69, 9.17) is 10.7 Å². The van der Waals surface area contributed by atoms with E-state index in [2.05, 4.69) is 11.4 Å². The fraction of sp³-hybridized carbons (Fsp3) is 0.667. The molecule has 48 valence electrons. The summed E-state index contributed by atoms with van der Waals surface area (Å²) < 4.78 is 0.